The summed E-state index contributed by atoms with van der Waals surface area (Å²) >= 11 is 12.1. The molecule has 158 valence electrons. The Bertz CT molecular complexity index is 1450. The van der Waals surface area contributed by atoms with Crippen LogP contribution in [0.5, 0.6) is 0 Å². The van der Waals surface area contributed by atoms with Gasteiger partial charge in [0.25, 0.3) is 5.91 Å². The van der Waals surface area contributed by atoms with Crippen LogP contribution in [0.4, 0.5) is 11.4 Å². The normalized spacial score (nSPS) is 11.2. The Morgan fingerprint density at radius 1 is 1.06 bits per heavy atom. The van der Waals surface area contributed by atoms with E-state index in [4.69, 9.17) is 32.9 Å². The largest absolute Gasteiger partial charge is 0.417 e. The zero-order valence-corrected chi connectivity index (χ0v) is 17.7. The molecule has 0 spiro atoms. The van der Waals surface area contributed by atoms with Crippen LogP contribution >= 0.6 is 23.2 Å². The van der Waals surface area contributed by atoms with Crippen LogP contribution in [0.25, 0.3) is 11.1 Å². The minimum Gasteiger partial charge on any atom is -0.408 e. The molecule has 10 heteroatoms. The van der Waals surface area contributed by atoms with E-state index < -0.39 is 11.7 Å². The highest BCUT2D eigenvalue weighted by Gasteiger charge is 2.12. The summed E-state index contributed by atoms with van der Waals surface area (Å²) in [6.45, 7) is 0. The van der Waals surface area contributed by atoms with Gasteiger partial charge in [0.05, 0.1) is 22.8 Å². The summed E-state index contributed by atoms with van der Waals surface area (Å²) in [5.41, 5.74) is 2.34. The first kappa shape index (κ1) is 21.2. The molecule has 3 N–H and O–H groups in total. The molecule has 4 rings (SSSR count). The summed E-state index contributed by atoms with van der Waals surface area (Å²) in [6, 6.07) is 17.8. The number of hydrogen-bond acceptors (Lipinski definition) is 5. The van der Waals surface area contributed by atoms with Crippen molar-refractivity contribution in [1.29, 1.82) is 5.26 Å². The lowest BCUT2D eigenvalue weighted by molar-refractivity contribution is 0.0977. The van der Waals surface area contributed by atoms with Crippen molar-refractivity contribution in [1.82, 2.24) is 10.3 Å². The van der Waals surface area contributed by atoms with Gasteiger partial charge in [-0.3, -0.25) is 15.1 Å². The van der Waals surface area contributed by atoms with E-state index in [9.17, 15) is 9.59 Å². The fraction of sp³-hybridized carbons (Fsp3) is 0. The molecule has 0 unspecified atom stereocenters. The van der Waals surface area contributed by atoms with E-state index in [-0.39, 0.29) is 11.5 Å². The number of oxazole rings is 1. The number of aliphatic imine (C=N–C) groups is 1. The highest BCUT2D eigenvalue weighted by Crippen LogP contribution is 2.23. The maximum Gasteiger partial charge on any atom is 0.417 e. The maximum absolute atomic E-state index is 12.8. The lowest BCUT2D eigenvalue weighted by Gasteiger charge is -2.12. The number of fused-ring (bicyclic) bond motifs is 1. The molecule has 1 aromatic heterocycles. The molecule has 0 fully saturated rings. The number of carbonyl (C=O) groups excluding carboxylic acids is 1. The van der Waals surface area contributed by atoms with Crippen molar-refractivity contribution in [2.24, 2.45) is 4.99 Å². The van der Waals surface area contributed by atoms with Crippen LogP contribution in [0, 0.1) is 11.3 Å². The number of halogens is 2. The van der Waals surface area contributed by atoms with Gasteiger partial charge in [-0.1, -0.05) is 29.3 Å². The Morgan fingerprint density at radius 2 is 1.84 bits per heavy atom. The molecule has 0 saturated carbocycles. The number of anilines is 1. The number of benzene rings is 3. The lowest BCUT2D eigenvalue weighted by Crippen LogP contribution is -2.35. The quantitative estimate of drug-likeness (QED) is 0.295. The summed E-state index contributed by atoms with van der Waals surface area (Å²) < 4.78 is 5.06. The van der Waals surface area contributed by atoms with Crippen LogP contribution in [-0.4, -0.2) is 16.9 Å². The molecule has 0 radical (unpaired) electrons. The molecule has 0 saturated heterocycles. The Labute approximate surface area is 191 Å². The van der Waals surface area contributed by atoms with E-state index in [0.29, 0.717) is 38.1 Å². The fourth-order valence-electron chi connectivity index (χ4n) is 2.89. The first-order valence-electron chi connectivity index (χ1n) is 9.16. The van der Waals surface area contributed by atoms with Gasteiger partial charge in [0.2, 0.25) is 5.96 Å². The molecule has 1 heterocycles. The standard InChI is InChI=1S/C22H13Cl2N5O3/c23-14-7-15(24)9-17(8-14)27-21(29-20(30)13-3-1-2-12(6-13)11-25)26-16-4-5-18-19(10-16)32-22(31)28-18/h1-10H,(H,28,31)(H2,26,27,29,30). The average Bonchev–Trinajstić information content (AvgIpc) is 3.12. The Morgan fingerprint density at radius 3 is 2.59 bits per heavy atom. The van der Waals surface area contributed by atoms with Gasteiger partial charge in [-0.2, -0.15) is 5.26 Å². The smallest absolute Gasteiger partial charge is 0.408 e. The third-order valence-corrected chi connectivity index (χ3v) is 4.69. The van der Waals surface area contributed by atoms with Gasteiger partial charge in [-0.25, -0.2) is 9.79 Å². The van der Waals surface area contributed by atoms with Gasteiger partial charge < -0.3 is 9.73 Å². The number of nitriles is 1. The van der Waals surface area contributed by atoms with Gasteiger partial charge in [0.1, 0.15) is 0 Å². The molecule has 1 amide bonds. The van der Waals surface area contributed by atoms with Crippen molar-refractivity contribution >= 4 is 57.5 Å². The monoisotopic (exact) mass is 465 g/mol. The fourth-order valence-corrected chi connectivity index (χ4v) is 3.42. The number of rotatable bonds is 3. The molecule has 0 aliphatic heterocycles. The molecule has 32 heavy (non-hydrogen) atoms. The lowest BCUT2D eigenvalue weighted by atomic mass is 10.1. The number of aromatic nitrogens is 1. The van der Waals surface area contributed by atoms with E-state index in [1.54, 1.807) is 54.6 Å². The van der Waals surface area contributed by atoms with E-state index in [1.165, 1.54) is 6.07 Å². The minimum absolute atomic E-state index is 0.0629. The van der Waals surface area contributed by atoms with Crippen molar-refractivity contribution in [2.45, 2.75) is 0 Å². The van der Waals surface area contributed by atoms with Crippen molar-refractivity contribution < 1.29 is 9.21 Å². The summed E-state index contributed by atoms with van der Waals surface area (Å²) in [5, 5.41) is 15.5. The van der Waals surface area contributed by atoms with E-state index in [2.05, 4.69) is 20.6 Å². The molecule has 0 aliphatic carbocycles. The number of nitrogens with one attached hydrogen (secondary N) is 3. The van der Waals surface area contributed by atoms with Crippen molar-refractivity contribution in [3.63, 3.8) is 0 Å². The first-order chi connectivity index (χ1) is 15.4. The second kappa shape index (κ2) is 8.98. The number of aromatic amines is 1. The molecular weight excluding hydrogens is 453 g/mol. The predicted octanol–water partition coefficient (Wildman–Crippen LogP) is 4.83. The number of H-pyrrole nitrogens is 1. The third-order valence-electron chi connectivity index (χ3n) is 4.26. The summed E-state index contributed by atoms with van der Waals surface area (Å²) in [6.07, 6.45) is 0. The number of hydrogen-bond donors (Lipinski definition) is 3. The number of guanidine groups is 1. The highest BCUT2D eigenvalue weighted by molar-refractivity contribution is 6.35. The van der Waals surface area contributed by atoms with E-state index in [1.807, 2.05) is 6.07 Å². The van der Waals surface area contributed by atoms with Crippen LogP contribution in [0.1, 0.15) is 15.9 Å². The van der Waals surface area contributed by atoms with E-state index >= 15 is 0 Å². The number of carbonyl (C=O) groups is 1. The van der Waals surface area contributed by atoms with Crippen molar-refractivity contribution in [2.75, 3.05) is 5.32 Å². The topological polar surface area (TPSA) is 123 Å². The summed E-state index contributed by atoms with van der Waals surface area (Å²) in [5.74, 6) is -1.01. The Kier molecular flexibility index (Phi) is 5.94. The van der Waals surface area contributed by atoms with Gasteiger partial charge >= 0.3 is 5.76 Å². The van der Waals surface area contributed by atoms with Crippen LogP contribution < -0.4 is 16.4 Å². The molecule has 0 atom stereocenters. The second-order valence-electron chi connectivity index (χ2n) is 6.59. The van der Waals surface area contributed by atoms with Crippen LogP contribution in [0.15, 0.2) is 74.9 Å². The minimum atomic E-state index is -0.585. The first-order valence-corrected chi connectivity index (χ1v) is 9.91. The van der Waals surface area contributed by atoms with Crippen LogP contribution in [0.3, 0.4) is 0 Å². The second-order valence-corrected chi connectivity index (χ2v) is 7.46. The molecule has 3 aromatic carbocycles. The molecule has 8 nitrogen and oxygen atoms in total. The van der Waals surface area contributed by atoms with Crippen molar-refractivity contribution in [3.05, 3.63) is 92.4 Å². The van der Waals surface area contributed by atoms with Gasteiger partial charge in [-0.15, -0.1) is 0 Å². The van der Waals surface area contributed by atoms with Gasteiger partial charge in [-0.05, 0) is 48.5 Å². The Balaban J connectivity index is 1.70. The van der Waals surface area contributed by atoms with Crippen LogP contribution in [0.2, 0.25) is 10.0 Å². The van der Waals surface area contributed by atoms with Gasteiger partial charge in [0, 0.05) is 27.4 Å². The predicted molar refractivity (Wildman–Crippen MR) is 123 cm³/mol. The number of nitrogens with zero attached hydrogens (tertiary/aromatic N) is 2. The summed E-state index contributed by atoms with van der Waals surface area (Å²) in [7, 11) is 0. The maximum atomic E-state index is 12.8. The highest BCUT2D eigenvalue weighted by atomic mass is 35.5. The zero-order chi connectivity index (χ0) is 22.7. The average molecular weight is 466 g/mol. The van der Waals surface area contributed by atoms with Crippen molar-refractivity contribution in [3.8, 4) is 6.07 Å². The van der Waals surface area contributed by atoms with Crippen LogP contribution in [-0.2, 0) is 0 Å². The zero-order valence-electron chi connectivity index (χ0n) is 16.1. The molecule has 0 bridgehead atoms. The SMILES string of the molecule is N#Cc1cccc(C(=O)NC(=Nc2ccc3[nH]c(=O)oc3c2)Nc2cc(Cl)cc(Cl)c2)c1. The third kappa shape index (κ3) is 4.98. The number of amides is 1. The molecule has 0 aliphatic rings. The van der Waals surface area contributed by atoms with E-state index in [0.717, 1.165) is 0 Å². The molecule has 4 aromatic rings. The Hall–Kier alpha value is -4.06. The summed E-state index contributed by atoms with van der Waals surface area (Å²) in [4.78, 5) is 31.2. The molecular formula is C22H13Cl2N5O3. The van der Waals surface area contributed by atoms with Gasteiger partial charge in [0.15, 0.2) is 5.58 Å².